The third-order valence-electron chi connectivity index (χ3n) is 3.90. The summed E-state index contributed by atoms with van der Waals surface area (Å²) in [5.41, 5.74) is 8.53. The van der Waals surface area contributed by atoms with Crippen molar-refractivity contribution in [3.05, 3.63) is 58.7 Å². The zero-order valence-corrected chi connectivity index (χ0v) is 11.3. The largest absolute Gasteiger partial charge is 0.411 e. The van der Waals surface area contributed by atoms with Gasteiger partial charge in [0.15, 0.2) is 0 Å². The fourth-order valence-corrected chi connectivity index (χ4v) is 3.04. The van der Waals surface area contributed by atoms with Crippen LogP contribution in [0.25, 0.3) is 11.1 Å². The predicted octanol–water partition coefficient (Wildman–Crippen LogP) is 3.90. The number of hydrogen-bond acceptors (Lipinski definition) is 2. The molecule has 0 fully saturated rings. The van der Waals surface area contributed by atoms with E-state index in [1.54, 1.807) is 0 Å². The fraction of sp³-hybridized carbons (Fsp3) is 0.235. The Morgan fingerprint density at radius 1 is 0.842 bits per heavy atom. The van der Waals surface area contributed by atoms with Crippen molar-refractivity contribution in [1.29, 1.82) is 0 Å². The lowest BCUT2D eigenvalue weighted by Gasteiger charge is -2.14. The number of oxime groups is 1. The molecule has 2 aromatic carbocycles. The van der Waals surface area contributed by atoms with Gasteiger partial charge in [0.2, 0.25) is 0 Å². The maximum atomic E-state index is 9.19. The zero-order valence-electron chi connectivity index (χ0n) is 11.3. The molecule has 0 atom stereocenters. The maximum absolute atomic E-state index is 9.19. The van der Waals surface area contributed by atoms with Crippen LogP contribution in [0.15, 0.2) is 41.6 Å². The minimum absolute atomic E-state index is 0.724. The summed E-state index contributed by atoms with van der Waals surface area (Å²) >= 11 is 0. The lowest BCUT2D eigenvalue weighted by Crippen LogP contribution is -2.05. The van der Waals surface area contributed by atoms with Gasteiger partial charge in [0.1, 0.15) is 0 Å². The Hall–Kier alpha value is -2.09. The smallest absolute Gasteiger partial charge is 0.0658 e. The van der Waals surface area contributed by atoms with Crippen LogP contribution in [-0.2, 0) is 12.8 Å². The minimum Gasteiger partial charge on any atom is -0.411 e. The van der Waals surface area contributed by atoms with Crippen LogP contribution in [0.5, 0.6) is 0 Å². The lowest BCUT2D eigenvalue weighted by molar-refractivity contribution is 0.317. The van der Waals surface area contributed by atoms with E-state index >= 15 is 0 Å². The highest BCUT2D eigenvalue weighted by molar-refractivity contribution is 5.95. The standard InChI is InChI=1S/C17H17NO/c1-11-5-3-7-13-9-15(18-19)10-14-8-4-6-12(2)17(14)16(11)13/h3-8,19H,9-10H2,1-2H3. The van der Waals surface area contributed by atoms with E-state index < -0.39 is 0 Å². The van der Waals surface area contributed by atoms with Gasteiger partial charge < -0.3 is 5.21 Å². The van der Waals surface area contributed by atoms with Crippen molar-refractivity contribution in [2.24, 2.45) is 5.16 Å². The van der Waals surface area contributed by atoms with Crippen molar-refractivity contribution < 1.29 is 5.21 Å². The van der Waals surface area contributed by atoms with Crippen LogP contribution in [0.3, 0.4) is 0 Å². The lowest BCUT2D eigenvalue weighted by atomic mass is 9.90. The summed E-state index contributed by atoms with van der Waals surface area (Å²) in [4.78, 5) is 0. The van der Waals surface area contributed by atoms with Crippen molar-refractivity contribution in [1.82, 2.24) is 0 Å². The first-order valence-corrected chi connectivity index (χ1v) is 6.58. The Bertz CT molecular complexity index is 615. The van der Waals surface area contributed by atoms with Crippen molar-refractivity contribution in [2.45, 2.75) is 26.7 Å². The first-order valence-electron chi connectivity index (χ1n) is 6.58. The van der Waals surface area contributed by atoms with E-state index in [1.165, 1.54) is 33.4 Å². The highest BCUT2D eigenvalue weighted by Crippen LogP contribution is 2.36. The highest BCUT2D eigenvalue weighted by Gasteiger charge is 2.20. The summed E-state index contributed by atoms with van der Waals surface area (Å²) in [5.74, 6) is 0. The molecule has 0 aromatic heterocycles. The Morgan fingerprint density at radius 2 is 1.32 bits per heavy atom. The Labute approximate surface area is 113 Å². The van der Waals surface area contributed by atoms with Crippen LogP contribution in [0.4, 0.5) is 0 Å². The van der Waals surface area contributed by atoms with Gasteiger partial charge in [0.05, 0.1) is 5.71 Å². The van der Waals surface area contributed by atoms with Gasteiger partial charge in [0, 0.05) is 12.8 Å². The minimum atomic E-state index is 0.724. The van der Waals surface area contributed by atoms with Crippen LogP contribution in [0.1, 0.15) is 22.3 Å². The molecular weight excluding hydrogens is 234 g/mol. The number of fused-ring (bicyclic) bond motifs is 3. The van der Waals surface area contributed by atoms with Crippen LogP contribution >= 0.6 is 0 Å². The van der Waals surface area contributed by atoms with E-state index in [-0.39, 0.29) is 0 Å². The first-order chi connectivity index (χ1) is 9.20. The summed E-state index contributed by atoms with van der Waals surface area (Å²) < 4.78 is 0. The molecule has 1 aliphatic carbocycles. The van der Waals surface area contributed by atoms with Gasteiger partial charge in [-0.15, -0.1) is 0 Å². The Balaban J connectivity index is 2.38. The molecule has 3 rings (SSSR count). The molecule has 19 heavy (non-hydrogen) atoms. The number of rotatable bonds is 0. The van der Waals surface area contributed by atoms with Gasteiger partial charge in [-0.05, 0) is 47.2 Å². The Kier molecular flexibility index (Phi) is 2.86. The third-order valence-corrected chi connectivity index (χ3v) is 3.90. The van der Waals surface area contributed by atoms with Gasteiger partial charge in [-0.3, -0.25) is 0 Å². The normalized spacial score (nSPS) is 13.5. The van der Waals surface area contributed by atoms with Gasteiger partial charge in [-0.1, -0.05) is 41.6 Å². The van der Waals surface area contributed by atoms with Gasteiger partial charge in [-0.25, -0.2) is 0 Å². The highest BCUT2D eigenvalue weighted by atomic mass is 16.4. The fourth-order valence-electron chi connectivity index (χ4n) is 3.04. The molecular formula is C17H17NO. The number of nitrogens with zero attached hydrogens (tertiary/aromatic N) is 1. The van der Waals surface area contributed by atoms with E-state index in [2.05, 4.69) is 55.4 Å². The van der Waals surface area contributed by atoms with Crippen LogP contribution < -0.4 is 0 Å². The molecule has 0 saturated heterocycles. The molecule has 1 aliphatic rings. The molecule has 1 N–H and O–H groups in total. The van der Waals surface area contributed by atoms with E-state index in [4.69, 9.17) is 0 Å². The van der Waals surface area contributed by atoms with Gasteiger partial charge in [-0.2, -0.15) is 0 Å². The summed E-state index contributed by atoms with van der Waals surface area (Å²) in [6.07, 6.45) is 1.45. The third kappa shape index (κ3) is 1.93. The average molecular weight is 251 g/mol. The monoisotopic (exact) mass is 251 g/mol. The van der Waals surface area contributed by atoms with E-state index in [9.17, 15) is 5.21 Å². The van der Waals surface area contributed by atoms with E-state index in [0.717, 1.165) is 18.6 Å². The second-order valence-electron chi connectivity index (χ2n) is 5.24. The number of aryl methyl sites for hydroxylation is 2. The zero-order chi connectivity index (χ0) is 13.4. The van der Waals surface area contributed by atoms with Gasteiger partial charge >= 0.3 is 0 Å². The van der Waals surface area contributed by atoms with Crippen LogP contribution in [-0.4, -0.2) is 10.9 Å². The van der Waals surface area contributed by atoms with Crippen molar-refractivity contribution in [3.63, 3.8) is 0 Å². The second-order valence-corrected chi connectivity index (χ2v) is 5.24. The topological polar surface area (TPSA) is 32.6 Å². The molecule has 2 heteroatoms. The molecule has 0 aliphatic heterocycles. The van der Waals surface area contributed by atoms with Crippen molar-refractivity contribution >= 4 is 5.71 Å². The van der Waals surface area contributed by atoms with Crippen LogP contribution in [0.2, 0.25) is 0 Å². The summed E-state index contributed by atoms with van der Waals surface area (Å²) in [6.45, 7) is 4.30. The molecule has 0 saturated carbocycles. The SMILES string of the molecule is Cc1cccc2c1-c1c(C)cccc1CC(=NO)C2. The molecule has 0 heterocycles. The van der Waals surface area contributed by atoms with E-state index in [1.807, 2.05) is 0 Å². The number of benzene rings is 2. The number of hydrogen-bond donors (Lipinski definition) is 1. The second kappa shape index (κ2) is 4.54. The van der Waals surface area contributed by atoms with E-state index in [0.29, 0.717) is 0 Å². The Morgan fingerprint density at radius 3 is 1.74 bits per heavy atom. The van der Waals surface area contributed by atoms with Gasteiger partial charge in [0.25, 0.3) is 0 Å². The van der Waals surface area contributed by atoms with Crippen molar-refractivity contribution in [2.75, 3.05) is 0 Å². The molecule has 0 unspecified atom stereocenters. The quantitative estimate of drug-likeness (QED) is 0.559. The van der Waals surface area contributed by atoms with Crippen molar-refractivity contribution in [3.8, 4) is 11.1 Å². The average Bonchev–Trinajstić information content (AvgIpc) is 2.56. The molecule has 96 valence electrons. The molecule has 0 bridgehead atoms. The molecule has 0 amide bonds. The summed E-state index contributed by atoms with van der Waals surface area (Å²) in [6, 6.07) is 12.7. The molecule has 2 nitrogen and oxygen atoms in total. The van der Waals surface area contributed by atoms with Crippen LogP contribution in [0, 0.1) is 13.8 Å². The summed E-state index contributed by atoms with van der Waals surface area (Å²) in [7, 11) is 0. The molecule has 0 radical (unpaired) electrons. The maximum Gasteiger partial charge on any atom is 0.0658 e. The molecule has 2 aromatic rings. The summed E-state index contributed by atoms with van der Waals surface area (Å²) in [5, 5.41) is 12.7. The first kappa shape index (κ1) is 12.0. The molecule has 0 spiro atoms. The predicted molar refractivity (Wildman–Crippen MR) is 78.0 cm³/mol.